The van der Waals surface area contributed by atoms with Crippen molar-refractivity contribution in [2.75, 3.05) is 0 Å². The van der Waals surface area contributed by atoms with Crippen LogP contribution in [-0.2, 0) is 11.3 Å². The molecule has 0 spiro atoms. The normalized spacial score (nSPS) is 16.0. The SMILES string of the molecule is O=C1Cn2cccc2C1=O. The number of hydrogen-bond donors (Lipinski definition) is 0. The van der Waals surface area contributed by atoms with Crippen LogP contribution in [0.15, 0.2) is 18.3 Å². The molecule has 0 amide bonds. The van der Waals surface area contributed by atoms with Gasteiger partial charge in [0.25, 0.3) is 0 Å². The summed E-state index contributed by atoms with van der Waals surface area (Å²) in [6, 6.07) is 3.42. The van der Waals surface area contributed by atoms with E-state index < -0.39 is 0 Å². The van der Waals surface area contributed by atoms with E-state index in [1.807, 2.05) is 0 Å². The summed E-state index contributed by atoms with van der Waals surface area (Å²) >= 11 is 0. The van der Waals surface area contributed by atoms with Gasteiger partial charge in [0, 0.05) is 6.20 Å². The lowest BCUT2D eigenvalue weighted by Gasteiger charge is -1.87. The molecule has 1 aromatic rings. The van der Waals surface area contributed by atoms with Crippen molar-refractivity contribution in [1.82, 2.24) is 4.57 Å². The molecule has 0 aliphatic carbocycles. The monoisotopic (exact) mass is 135 g/mol. The number of ketones is 2. The fourth-order valence-corrected chi connectivity index (χ4v) is 1.13. The number of fused-ring (bicyclic) bond motifs is 1. The summed E-state index contributed by atoms with van der Waals surface area (Å²) < 4.78 is 1.66. The number of aromatic nitrogens is 1. The third kappa shape index (κ3) is 0.492. The van der Waals surface area contributed by atoms with E-state index in [-0.39, 0.29) is 18.1 Å². The lowest BCUT2D eigenvalue weighted by Crippen LogP contribution is -2.06. The molecule has 0 saturated heterocycles. The number of Topliss-reactive ketones (excluding diaryl/α,β-unsaturated/α-hetero) is 2. The average Bonchev–Trinajstić information content (AvgIpc) is 2.41. The molecule has 1 aromatic heterocycles. The van der Waals surface area contributed by atoms with Crippen molar-refractivity contribution < 1.29 is 9.59 Å². The minimum absolute atomic E-state index is 0.223. The van der Waals surface area contributed by atoms with Gasteiger partial charge in [-0.3, -0.25) is 9.59 Å². The molecule has 0 bridgehead atoms. The number of carbonyl (C=O) groups excluding carboxylic acids is 2. The topological polar surface area (TPSA) is 39.1 Å². The second-order valence-electron chi connectivity index (χ2n) is 2.27. The summed E-state index contributed by atoms with van der Waals surface area (Å²) in [5.74, 6) is -0.666. The van der Waals surface area contributed by atoms with Crippen molar-refractivity contribution in [3.05, 3.63) is 24.0 Å². The molecule has 0 atom stereocenters. The first kappa shape index (κ1) is 5.41. The highest BCUT2D eigenvalue weighted by molar-refractivity contribution is 6.45. The molecule has 2 heterocycles. The van der Waals surface area contributed by atoms with E-state index in [1.54, 1.807) is 22.9 Å². The van der Waals surface area contributed by atoms with Gasteiger partial charge in [0.05, 0.1) is 12.2 Å². The third-order valence-corrected chi connectivity index (χ3v) is 1.63. The van der Waals surface area contributed by atoms with E-state index in [0.717, 1.165) is 0 Å². The molecule has 0 unspecified atom stereocenters. The predicted octanol–water partition coefficient (Wildman–Crippen LogP) is 0.254. The maximum absolute atomic E-state index is 10.9. The molecular weight excluding hydrogens is 130 g/mol. The van der Waals surface area contributed by atoms with Gasteiger partial charge in [0.15, 0.2) is 0 Å². The standard InChI is InChI=1S/C7H5NO2/c9-6-4-8-3-1-2-5(8)7(6)10/h1-3H,4H2. The number of nitrogens with zero attached hydrogens (tertiary/aromatic N) is 1. The van der Waals surface area contributed by atoms with Crippen LogP contribution in [0.25, 0.3) is 0 Å². The summed E-state index contributed by atoms with van der Waals surface area (Å²) in [5, 5.41) is 0. The highest BCUT2D eigenvalue weighted by Crippen LogP contribution is 2.11. The Labute approximate surface area is 57.3 Å². The molecular formula is C7H5NO2. The second-order valence-corrected chi connectivity index (χ2v) is 2.27. The first-order valence-corrected chi connectivity index (χ1v) is 3.02. The van der Waals surface area contributed by atoms with Crippen LogP contribution in [0.3, 0.4) is 0 Å². The summed E-state index contributed by atoms with van der Waals surface area (Å²) in [6.45, 7) is 0.223. The van der Waals surface area contributed by atoms with Gasteiger partial charge in [-0.05, 0) is 12.1 Å². The molecule has 0 aromatic carbocycles. The first-order chi connectivity index (χ1) is 4.79. The molecule has 50 valence electrons. The summed E-state index contributed by atoms with van der Waals surface area (Å²) in [7, 11) is 0. The van der Waals surface area contributed by atoms with E-state index in [2.05, 4.69) is 0 Å². The molecule has 0 radical (unpaired) electrons. The van der Waals surface area contributed by atoms with Crippen molar-refractivity contribution in [2.24, 2.45) is 0 Å². The van der Waals surface area contributed by atoms with Crippen LogP contribution in [0.4, 0.5) is 0 Å². The minimum atomic E-state index is -0.356. The molecule has 1 aliphatic rings. The van der Waals surface area contributed by atoms with E-state index in [1.165, 1.54) is 0 Å². The predicted molar refractivity (Wildman–Crippen MR) is 33.8 cm³/mol. The van der Waals surface area contributed by atoms with Gasteiger partial charge < -0.3 is 4.57 Å². The molecule has 0 fully saturated rings. The Morgan fingerprint density at radius 1 is 1.40 bits per heavy atom. The van der Waals surface area contributed by atoms with Gasteiger partial charge in [-0.2, -0.15) is 0 Å². The number of rotatable bonds is 0. The number of carbonyl (C=O) groups is 2. The van der Waals surface area contributed by atoms with Crippen LogP contribution in [0.2, 0.25) is 0 Å². The molecule has 0 N–H and O–H groups in total. The average molecular weight is 135 g/mol. The summed E-state index contributed by atoms with van der Waals surface area (Å²) in [5.41, 5.74) is 0.519. The number of hydrogen-bond acceptors (Lipinski definition) is 2. The Hall–Kier alpha value is -1.38. The van der Waals surface area contributed by atoms with Crippen LogP contribution in [0.5, 0.6) is 0 Å². The van der Waals surface area contributed by atoms with E-state index in [0.29, 0.717) is 5.69 Å². The zero-order chi connectivity index (χ0) is 7.14. The molecule has 10 heavy (non-hydrogen) atoms. The van der Waals surface area contributed by atoms with Crippen LogP contribution < -0.4 is 0 Å². The quantitative estimate of drug-likeness (QED) is 0.478. The molecule has 1 aliphatic heterocycles. The van der Waals surface area contributed by atoms with Crippen molar-refractivity contribution in [1.29, 1.82) is 0 Å². The van der Waals surface area contributed by atoms with Crippen molar-refractivity contribution in [3.63, 3.8) is 0 Å². The van der Waals surface area contributed by atoms with Crippen molar-refractivity contribution in [3.8, 4) is 0 Å². The van der Waals surface area contributed by atoms with E-state index >= 15 is 0 Å². The maximum Gasteiger partial charge on any atom is 0.246 e. The largest absolute Gasteiger partial charge is 0.337 e. The fraction of sp³-hybridized carbons (Fsp3) is 0.143. The van der Waals surface area contributed by atoms with Crippen LogP contribution in [0, 0.1) is 0 Å². The van der Waals surface area contributed by atoms with Crippen LogP contribution >= 0.6 is 0 Å². The van der Waals surface area contributed by atoms with Gasteiger partial charge >= 0.3 is 0 Å². The fourth-order valence-electron chi connectivity index (χ4n) is 1.13. The molecule has 0 saturated carbocycles. The Balaban J connectivity index is 2.63. The Bertz CT molecular complexity index is 311. The smallest absolute Gasteiger partial charge is 0.246 e. The summed E-state index contributed by atoms with van der Waals surface area (Å²) in [4.78, 5) is 21.6. The maximum atomic E-state index is 10.9. The molecule has 2 rings (SSSR count). The second kappa shape index (κ2) is 1.56. The van der Waals surface area contributed by atoms with Crippen LogP contribution in [-0.4, -0.2) is 16.1 Å². The summed E-state index contributed by atoms with van der Waals surface area (Å²) in [6.07, 6.45) is 1.73. The molecule has 3 heteroatoms. The van der Waals surface area contributed by atoms with Gasteiger partial charge in [0.2, 0.25) is 11.6 Å². The highest BCUT2D eigenvalue weighted by atomic mass is 16.2. The Kier molecular flexibility index (Phi) is 0.845. The first-order valence-electron chi connectivity index (χ1n) is 3.02. The van der Waals surface area contributed by atoms with E-state index in [9.17, 15) is 9.59 Å². The lowest BCUT2D eigenvalue weighted by atomic mass is 10.2. The van der Waals surface area contributed by atoms with Gasteiger partial charge in [-0.1, -0.05) is 0 Å². The van der Waals surface area contributed by atoms with Gasteiger partial charge in [0.1, 0.15) is 0 Å². The van der Waals surface area contributed by atoms with Crippen molar-refractivity contribution >= 4 is 11.6 Å². The lowest BCUT2D eigenvalue weighted by molar-refractivity contribution is -0.114. The van der Waals surface area contributed by atoms with Gasteiger partial charge in [-0.25, -0.2) is 0 Å². The minimum Gasteiger partial charge on any atom is -0.337 e. The Morgan fingerprint density at radius 3 is 2.90 bits per heavy atom. The zero-order valence-corrected chi connectivity index (χ0v) is 5.20. The Morgan fingerprint density at radius 2 is 2.20 bits per heavy atom. The zero-order valence-electron chi connectivity index (χ0n) is 5.20. The van der Waals surface area contributed by atoms with Gasteiger partial charge in [-0.15, -0.1) is 0 Å². The van der Waals surface area contributed by atoms with E-state index in [4.69, 9.17) is 0 Å². The highest BCUT2D eigenvalue weighted by Gasteiger charge is 2.26. The van der Waals surface area contributed by atoms with Crippen molar-refractivity contribution in [2.45, 2.75) is 6.54 Å². The van der Waals surface area contributed by atoms with Crippen LogP contribution in [0.1, 0.15) is 10.5 Å². The molecule has 3 nitrogen and oxygen atoms in total. The third-order valence-electron chi connectivity index (χ3n) is 1.63.